The van der Waals surface area contributed by atoms with E-state index in [0.29, 0.717) is 6.54 Å². The quantitative estimate of drug-likeness (QED) is 0.689. The molecule has 28 heavy (non-hydrogen) atoms. The highest BCUT2D eigenvalue weighted by molar-refractivity contribution is 5.92. The fourth-order valence-corrected chi connectivity index (χ4v) is 2.88. The molecule has 0 aliphatic carbocycles. The molecule has 0 bridgehead atoms. The Morgan fingerprint density at radius 2 is 1.68 bits per heavy atom. The predicted molar refractivity (Wildman–Crippen MR) is 115 cm³/mol. The predicted octanol–water partition coefficient (Wildman–Crippen LogP) is 3.64. The van der Waals surface area contributed by atoms with Crippen LogP contribution < -0.4 is 10.6 Å². The molecule has 148 valence electrons. The van der Waals surface area contributed by atoms with E-state index < -0.39 is 0 Å². The third kappa shape index (κ3) is 6.67. The van der Waals surface area contributed by atoms with E-state index >= 15 is 0 Å². The first-order chi connectivity index (χ1) is 13.4. The van der Waals surface area contributed by atoms with Gasteiger partial charge in [0.05, 0.1) is 6.04 Å². The minimum atomic E-state index is -0.136. The molecule has 0 aliphatic heterocycles. The van der Waals surface area contributed by atoms with E-state index in [1.165, 1.54) is 24.1 Å². The second-order valence-corrected chi connectivity index (χ2v) is 6.96. The standard InChI is InChI=1S/C23H29N3O2/c1-5-18-6-11-20(12-7-18)22(26(3)4)16-24-23(28)15-10-19-8-13-21(14-9-19)25-17(2)27/h6-15,22H,5,16H2,1-4H3,(H,24,28)(H,25,27). The first-order valence-corrected chi connectivity index (χ1v) is 9.48. The first-order valence-electron chi connectivity index (χ1n) is 9.48. The highest BCUT2D eigenvalue weighted by atomic mass is 16.2. The Labute approximate surface area is 167 Å². The summed E-state index contributed by atoms with van der Waals surface area (Å²) in [6, 6.07) is 16.0. The molecule has 5 heteroatoms. The van der Waals surface area contributed by atoms with Crippen LogP contribution in [0.1, 0.15) is 36.6 Å². The zero-order chi connectivity index (χ0) is 20.5. The largest absolute Gasteiger partial charge is 0.351 e. The number of carbonyl (C=O) groups excluding carboxylic acids is 2. The fourth-order valence-electron chi connectivity index (χ4n) is 2.88. The Hall–Kier alpha value is -2.92. The minimum Gasteiger partial charge on any atom is -0.351 e. The SMILES string of the molecule is CCc1ccc(C(CNC(=O)C=Cc2ccc(NC(C)=O)cc2)N(C)C)cc1. The van der Waals surface area contributed by atoms with Crippen molar-refractivity contribution in [3.05, 3.63) is 71.3 Å². The molecule has 2 N–H and O–H groups in total. The number of aryl methyl sites for hydroxylation is 1. The number of nitrogens with zero attached hydrogens (tertiary/aromatic N) is 1. The summed E-state index contributed by atoms with van der Waals surface area (Å²) in [6.07, 6.45) is 4.30. The number of nitrogens with one attached hydrogen (secondary N) is 2. The van der Waals surface area contributed by atoms with Crippen molar-refractivity contribution in [2.75, 3.05) is 26.0 Å². The molecule has 2 aromatic rings. The molecule has 2 rings (SSSR count). The van der Waals surface area contributed by atoms with Gasteiger partial charge in [0.1, 0.15) is 0 Å². The van der Waals surface area contributed by atoms with Gasteiger partial charge in [-0.15, -0.1) is 0 Å². The van der Waals surface area contributed by atoms with Gasteiger partial charge < -0.3 is 15.5 Å². The Balaban J connectivity index is 1.93. The zero-order valence-electron chi connectivity index (χ0n) is 17.0. The molecule has 1 unspecified atom stereocenters. The van der Waals surface area contributed by atoms with Crippen LogP contribution in [0.25, 0.3) is 6.08 Å². The molecule has 1 atom stereocenters. The van der Waals surface area contributed by atoms with Gasteiger partial charge in [-0.1, -0.05) is 43.3 Å². The van der Waals surface area contributed by atoms with Crippen LogP contribution >= 0.6 is 0 Å². The van der Waals surface area contributed by atoms with Crippen molar-refractivity contribution in [1.82, 2.24) is 10.2 Å². The van der Waals surface area contributed by atoms with Crippen LogP contribution in [0.2, 0.25) is 0 Å². The van der Waals surface area contributed by atoms with Gasteiger partial charge in [-0.05, 0) is 55.4 Å². The zero-order valence-corrected chi connectivity index (χ0v) is 17.0. The molecule has 2 aromatic carbocycles. The second kappa shape index (κ2) is 10.4. The molecule has 0 saturated heterocycles. The minimum absolute atomic E-state index is 0.109. The van der Waals surface area contributed by atoms with Gasteiger partial charge in [-0.3, -0.25) is 9.59 Å². The molecule has 0 saturated carbocycles. The summed E-state index contributed by atoms with van der Waals surface area (Å²) in [6.45, 7) is 4.14. The van der Waals surface area contributed by atoms with E-state index in [1.807, 2.05) is 26.2 Å². The molecule has 0 heterocycles. The van der Waals surface area contributed by atoms with Crippen LogP contribution in [-0.2, 0) is 16.0 Å². The number of amides is 2. The Bertz CT molecular complexity index is 809. The summed E-state index contributed by atoms with van der Waals surface area (Å²) in [5, 5.41) is 5.69. The molecule has 0 spiro atoms. The molecular formula is C23H29N3O2. The van der Waals surface area contributed by atoms with Crippen LogP contribution in [0.15, 0.2) is 54.6 Å². The van der Waals surface area contributed by atoms with Crippen LogP contribution in [0.5, 0.6) is 0 Å². The average molecular weight is 380 g/mol. The van der Waals surface area contributed by atoms with Crippen molar-refractivity contribution >= 4 is 23.6 Å². The van der Waals surface area contributed by atoms with Gasteiger partial charge in [-0.2, -0.15) is 0 Å². The fraction of sp³-hybridized carbons (Fsp3) is 0.304. The van der Waals surface area contributed by atoms with Gasteiger partial charge in [0.15, 0.2) is 0 Å². The van der Waals surface area contributed by atoms with Crippen molar-refractivity contribution in [3.63, 3.8) is 0 Å². The maximum atomic E-state index is 12.2. The van der Waals surface area contributed by atoms with Crippen molar-refractivity contribution in [2.45, 2.75) is 26.3 Å². The molecule has 0 aromatic heterocycles. The second-order valence-electron chi connectivity index (χ2n) is 6.96. The number of benzene rings is 2. The number of anilines is 1. The number of hydrogen-bond donors (Lipinski definition) is 2. The summed E-state index contributed by atoms with van der Waals surface area (Å²) >= 11 is 0. The number of carbonyl (C=O) groups is 2. The Morgan fingerprint density at radius 3 is 2.21 bits per heavy atom. The van der Waals surface area contributed by atoms with Gasteiger partial charge in [0.2, 0.25) is 11.8 Å². The van der Waals surface area contributed by atoms with Gasteiger partial charge in [0.25, 0.3) is 0 Å². The lowest BCUT2D eigenvalue weighted by molar-refractivity contribution is -0.116. The number of likely N-dealkylation sites (N-methyl/N-ethyl adjacent to an activating group) is 1. The van der Waals surface area contributed by atoms with Crippen LogP contribution in [0.3, 0.4) is 0 Å². The molecule has 0 fully saturated rings. The average Bonchev–Trinajstić information content (AvgIpc) is 2.67. The van der Waals surface area contributed by atoms with Crippen molar-refractivity contribution in [3.8, 4) is 0 Å². The molecular weight excluding hydrogens is 350 g/mol. The maximum Gasteiger partial charge on any atom is 0.244 e. The van der Waals surface area contributed by atoms with E-state index in [0.717, 1.165) is 17.7 Å². The normalized spacial score (nSPS) is 12.2. The van der Waals surface area contributed by atoms with Gasteiger partial charge in [0, 0.05) is 25.2 Å². The molecule has 5 nitrogen and oxygen atoms in total. The van der Waals surface area contributed by atoms with Gasteiger partial charge >= 0.3 is 0 Å². The summed E-state index contributed by atoms with van der Waals surface area (Å²) < 4.78 is 0. The van der Waals surface area contributed by atoms with Crippen molar-refractivity contribution in [1.29, 1.82) is 0 Å². The van der Waals surface area contributed by atoms with E-state index in [-0.39, 0.29) is 17.9 Å². The van der Waals surface area contributed by atoms with E-state index in [4.69, 9.17) is 0 Å². The summed E-state index contributed by atoms with van der Waals surface area (Å²) in [5.74, 6) is -0.245. The molecule has 2 amide bonds. The number of hydrogen-bond acceptors (Lipinski definition) is 3. The highest BCUT2D eigenvalue weighted by Gasteiger charge is 2.14. The molecule has 0 radical (unpaired) electrons. The van der Waals surface area contributed by atoms with Crippen molar-refractivity contribution < 1.29 is 9.59 Å². The molecule has 0 aliphatic rings. The first kappa shape index (κ1) is 21.4. The van der Waals surface area contributed by atoms with Crippen LogP contribution in [0.4, 0.5) is 5.69 Å². The summed E-state index contributed by atoms with van der Waals surface area (Å²) in [7, 11) is 4.02. The van der Waals surface area contributed by atoms with Crippen molar-refractivity contribution in [2.24, 2.45) is 0 Å². The monoisotopic (exact) mass is 379 g/mol. The van der Waals surface area contributed by atoms with E-state index in [9.17, 15) is 9.59 Å². The van der Waals surface area contributed by atoms with Crippen LogP contribution in [0, 0.1) is 0 Å². The van der Waals surface area contributed by atoms with E-state index in [1.54, 1.807) is 18.2 Å². The topological polar surface area (TPSA) is 61.4 Å². The highest BCUT2D eigenvalue weighted by Crippen LogP contribution is 2.18. The van der Waals surface area contributed by atoms with Gasteiger partial charge in [-0.25, -0.2) is 0 Å². The lowest BCUT2D eigenvalue weighted by atomic mass is 10.0. The smallest absolute Gasteiger partial charge is 0.244 e. The third-order valence-corrected chi connectivity index (χ3v) is 4.52. The Kier molecular flexibility index (Phi) is 7.96. The summed E-state index contributed by atoms with van der Waals surface area (Å²) in [5.41, 5.74) is 4.11. The Morgan fingerprint density at radius 1 is 1.04 bits per heavy atom. The summed E-state index contributed by atoms with van der Waals surface area (Å²) in [4.78, 5) is 25.4. The number of rotatable bonds is 8. The lowest BCUT2D eigenvalue weighted by Crippen LogP contribution is -2.33. The maximum absolute atomic E-state index is 12.2. The third-order valence-electron chi connectivity index (χ3n) is 4.52. The van der Waals surface area contributed by atoms with Crippen LogP contribution in [-0.4, -0.2) is 37.4 Å². The lowest BCUT2D eigenvalue weighted by Gasteiger charge is -2.25. The van der Waals surface area contributed by atoms with E-state index in [2.05, 4.69) is 46.7 Å².